The molecule has 1 rings (SSSR count). The SMILES string of the molecule is CC(C)CC(=O)NC(=O)Nc1ccco1. The fourth-order valence-corrected chi connectivity index (χ4v) is 1.04. The Labute approximate surface area is 87.8 Å². The van der Waals surface area contributed by atoms with E-state index in [2.05, 4.69) is 10.6 Å². The highest BCUT2D eigenvalue weighted by Crippen LogP contribution is 2.05. The number of anilines is 1. The van der Waals surface area contributed by atoms with Crippen LogP contribution in [0.4, 0.5) is 10.7 Å². The highest BCUT2D eigenvalue weighted by atomic mass is 16.3. The quantitative estimate of drug-likeness (QED) is 0.801. The second kappa shape index (κ2) is 5.19. The molecule has 0 unspecified atom stereocenters. The molecule has 1 aromatic heterocycles. The summed E-state index contributed by atoms with van der Waals surface area (Å²) in [4.78, 5) is 22.4. The van der Waals surface area contributed by atoms with Crippen LogP contribution in [0.1, 0.15) is 20.3 Å². The van der Waals surface area contributed by atoms with Crippen LogP contribution >= 0.6 is 0 Å². The second-order valence-corrected chi connectivity index (χ2v) is 3.58. The van der Waals surface area contributed by atoms with Crippen LogP contribution < -0.4 is 10.6 Å². The lowest BCUT2D eigenvalue weighted by molar-refractivity contribution is -0.120. The third-order valence-electron chi connectivity index (χ3n) is 1.60. The highest BCUT2D eigenvalue weighted by Gasteiger charge is 2.09. The topological polar surface area (TPSA) is 71.3 Å². The Morgan fingerprint density at radius 1 is 1.47 bits per heavy atom. The maximum absolute atomic E-state index is 11.2. The van der Waals surface area contributed by atoms with Gasteiger partial charge in [0.1, 0.15) is 0 Å². The van der Waals surface area contributed by atoms with Gasteiger partial charge >= 0.3 is 6.03 Å². The molecular weight excluding hydrogens is 196 g/mol. The molecule has 0 fully saturated rings. The summed E-state index contributed by atoms with van der Waals surface area (Å²) in [5, 5.41) is 4.59. The Hall–Kier alpha value is -1.78. The fourth-order valence-electron chi connectivity index (χ4n) is 1.04. The largest absolute Gasteiger partial charge is 0.449 e. The predicted molar refractivity (Wildman–Crippen MR) is 55.3 cm³/mol. The molecule has 15 heavy (non-hydrogen) atoms. The summed E-state index contributed by atoms with van der Waals surface area (Å²) in [7, 11) is 0. The van der Waals surface area contributed by atoms with E-state index in [4.69, 9.17) is 4.42 Å². The van der Waals surface area contributed by atoms with Gasteiger partial charge in [-0.25, -0.2) is 4.79 Å². The Balaban J connectivity index is 2.33. The van der Waals surface area contributed by atoms with Gasteiger partial charge in [0.25, 0.3) is 0 Å². The van der Waals surface area contributed by atoms with Crippen molar-refractivity contribution in [3.05, 3.63) is 18.4 Å². The smallest absolute Gasteiger partial charge is 0.328 e. The summed E-state index contributed by atoms with van der Waals surface area (Å²) in [6.07, 6.45) is 1.76. The van der Waals surface area contributed by atoms with Crippen molar-refractivity contribution >= 4 is 17.8 Å². The Bertz CT molecular complexity index is 330. The van der Waals surface area contributed by atoms with Crippen molar-refractivity contribution < 1.29 is 14.0 Å². The van der Waals surface area contributed by atoms with Crippen LogP contribution in [0.2, 0.25) is 0 Å². The number of nitrogens with one attached hydrogen (secondary N) is 2. The van der Waals surface area contributed by atoms with Crippen LogP contribution in [0.5, 0.6) is 0 Å². The first-order chi connectivity index (χ1) is 7.08. The number of rotatable bonds is 3. The average molecular weight is 210 g/mol. The van der Waals surface area contributed by atoms with Gasteiger partial charge in [0.2, 0.25) is 11.8 Å². The molecule has 3 amide bonds. The molecule has 0 aliphatic rings. The Morgan fingerprint density at radius 3 is 2.73 bits per heavy atom. The maximum Gasteiger partial charge on any atom is 0.328 e. The molecule has 1 heterocycles. The van der Waals surface area contributed by atoms with Gasteiger partial charge in [-0.15, -0.1) is 0 Å². The van der Waals surface area contributed by atoms with Crippen LogP contribution in [0.3, 0.4) is 0 Å². The highest BCUT2D eigenvalue weighted by molar-refractivity contribution is 6.00. The van der Waals surface area contributed by atoms with Crippen molar-refractivity contribution in [2.24, 2.45) is 5.92 Å². The molecule has 2 N–H and O–H groups in total. The molecule has 0 atom stereocenters. The molecule has 0 radical (unpaired) electrons. The summed E-state index contributed by atoms with van der Waals surface area (Å²) in [5.41, 5.74) is 0. The molecule has 0 aliphatic heterocycles. The minimum Gasteiger partial charge on any atom is -0.449 e. The predicted octanol–water partition coefficient (Wildman–Crippen LogP) is 1.97. The van der Waals surface area contributed by atoms with E-state index in [1.54, 1.807) is 12.1 Å². The number of hydrogen-bond donors (Lipinski definition) is 2. The lowest BCUT2D eigenvalue weighted by atomic mass is 10.1. The second-order valence-electron chi connectivity index (χ2n) is 3.58. The van der Waals surface area contributed by atoms with Crippen molar-refractivity contribution in [3.8, 4) is 0 Å². The summed E-state index contributed by atoms with van der Waals surface area (Å²) >= 11 is 0. The minimum absolute atomic E-state index is 0.224. The van der Waals surface area contributed by atoms with Crippen molar-refractivity contribution in [2.45, 2.75) is 20.3 Å². The first-order valence-electron chi connectivity index (χ1n) is 4.72. The molecule has 0 spiro atoms. The van der Waals surface area contributed by atoms with Gasteiger partial charge in [-0.2, -0.15) is 0 Å². The number of furan rings is 1. The van der Waals surface area contributed by atoms with E-state index >= 15 is 0 Å². The van der Waals surface area contributed by atoms with Crippen LogP contribution in [0, 0.1) is 5.92 Å². The minimum atomic E-state index is -0.574. The van der Waals surface area contributed by atoms with Crippen molar-refractivity contribution in [1.82, 2.24) is 5.32 Å². The zero-order valence-electron chi connectivity index (χ0n) is 8.74. The van der Waals surface area contributed by atoms with Crippen molar-refractivity contribution in [1.29, 1.82) is 0 Å². The first-order valence-corrected chi connectivity index (χ1v) is 4.72. The molecule has 0 saturated heterocycles. The zero-order chi connectivity index (χ0) is 11.3. The summed E-state index contributed by atoms with van der Waals surface area (Å²) in [6, 6.07) is 2.66. The number of urea groups is 1. The van der Waals surface area contributed by atoms with E-state index in [0.29, 0.717) is 12.3 Å². The lowest BCUT2D eigenvalue weighted by Crippen LogP contribution is -2.34. The number of amides is 3. The summed E-state index contributed by atoms with van der Waals surface area (Å²) < 4.78 is 4.88. The molecule has 5 nitrogen and oxygen atoms in total. The van der Waals surface area contributed by atoms with Crippen molar-refractivity contribution in [3.63, 3.8) is 0 Å². The number of carbonyl (C=O) groups is 2. The van der Waals surface area contributed by atoms with Gasteiger partial charge in [-0.1, -0.05) is 13.8 Å². The fraction of sp³-hybridized carbons (Fsp3) is 0.400. The van der Waals surface area contributed by atoms with E-state index in [-0.39, 0.29) is 11.8 Å². The van der Waals surface area contributed by atoms with Gasteiger partial charge in [0.15, 0.2) is 0 Å². The Morgan fingerprint density at radius 2 is 2.20 bits per heavy atom. The van der Waals surface area contributed by atoms with Crippen LogP contribution in [0.15, 0.2) is 22.8 Å². The molecule has 5 heteroatoms. The van der Waals surface area contributed by atoms with Crippen LogP contribution in [-0.2, 0) is 4.79 Å². The maximum atomic E-state index is 11.2. The Kier molecular flexibility index (Phi) is 3.91. The third kappa shape index (κ3) is 4.30. The molecule has 1 aromatic rings. The number of imide groups is 1. The standard InChI is InChI=1S/C10H14N2O3/c1-7(2)6-8(13)11-10(14)12-9-4-3-5-15-9/h3-5,7H,6H2,1-2H3,(H2,11,12,13,14). The molecule has 82 valence electrons. The lowest BCUT2D eigenvalue weighted by Gasteiger charge is -2.05. The average Bonchev–Trinajstić information content (AvgIpc) is 2.53. The summed E-state index contributed by atoms with van der Waals surface area (Å²) in [6.45, 7) is 3.81. The van der Waals surface area contributed by atoms with Gasteiger partial charge in [-0.3, -0.25) is 15.4 Å². The zero-order valence-corrected chi connectivity index (χ0v) is 8.74. The number of carbonyl (C=O) groups excluding carboxylic acids is 2. The van der Waals surface area contributed by atoms with Gasteiger partial charge in [0, 0.05) is 12.5 Å². The van der Waals surface area contributed by atoms with Gasteiger partial charge in [0.05, 0.1) is 6.26 Å². The normalized spacial score (nSPS) is 10.1. The monoisotopic (exact) mass is 210 g/mol. The van der Waals surface area contributed by atoms with E-state index < -0.39 is 6.03 Å². The molecule has 0 aliphatic carbocycles. The first kappa shape index (κ1) is 11.3. The van der Waals surface area contributed by atoms with Crippen molar-refractivity contribution in [2.75, 3.05) is 5.32 Å². The van der Waals surface area contributed by atoms with Gasteiger partial charge < -0.3 is 4.42 Å². The molecular formula is C10H14N2O3. The molecule has 0 bridgehead atoms. The van der Waals surface area contributed by atoms with Crippen LogP contribution in [0.25, 0.3) is 0 Å². The van der Waals surface area contributed by atoms with E-state index in [0.717, 1.165) is 0 Å². The molecule has 0 saturated carbocycles. The molecule has 0 aromatic carbocycles. The van der Waals surface area contributed by atoms with E-state index in [9.17, 15) is 9.59 Å². The van der Waals surface area contributed by atoms with E-state index in [1.165, 1.54) is 6.26 Å². The van der Waals surface area contributed by atoms with Crippen LogP contribution in [-0.4, -0.2) is 11.9 Å². The van der Waals surface area contributed by atoms with E-state index in [1.807, 2.05) is 13.8 Å². The third-order valence-corrected chi connectivity index (χ3v) is 1.60. The van der Waals surface area contributed by atoms with Gasteiger partial charge in [-0.05, 0) is 12.0 Å². The summed E-state index contributed by atoms with van der Waals surface area (Å²) in [5.74, 6) is 0.236. The number of hydrogen-bond acceptors (Lipinski definition) is 3.